The average Bonchev–Trinajstić information content (AvgIpc) is 1.89. The lowest BCUT2D eigenvalue weighted by atomic mass is 10.6. The molecule has 0 aromatic heterocycles. The molecule has 0 aliphatic carbocycles. The van der Waals surface area contributed by atoms with Gasteiger partial charge in [-0.3, -0.25) is 4.79 Å². The fourth-order valence-corrected chi connectivity index (χ4v) is 0.462. The number of thiocyanates is 1. The number of thioether (sulfide) groups is 1. The summed E-state index contributed by atoms with van der Waals surface area (Å²) in [6.45, 7) is 0. The molecule has 0 rings (SSSR count). The smallest absolute Gasteiger partial charge is 0.244 e. The molecule has 0 saturated heterocycles. The molecule has 0 aromatic carbocycles. The number of likely N-dealkylation sites (N-methyl/N-ethyl adjacent to an activating group) is 1. The van der Waals surface area contributed by atoms with Gasteiger partial charge in [0.1, 0.15) is 5.40 Å². The van der Waals surface area contributed by atoms with E-state index in [-0.39, 0.29) is 5.91 Å². The number of nitrogens with one attached hydrogen (secondary N) is 1. The Morgan fingerprint density at radius 3 is 3.00 bits per heavy atom. The van der Waals surface area contributed by atoms with Crippen LogP contribution >= 0.6 is 11.8 Å². The minimum Gasteiger partial charge on any atom is -0.356 e. The van der Waals surface area contributed by atoms with E-state index < -0.39 is 0 Å². The summed E-state index contributed by atoms with van der Waals surface area (Å²) >= 11 is 0.916. The molecule has 0 aliphatic rings. The van der Waals surface area contributed by atoms with Crippen LogP contribution in [0.1, 0.15) is 0 Å². The van der Waals surface area contributed by atoms with E-state index >= 15 is 0 Å². The van der Waals surface area contributed by atoms with Crippen LogP contribution in [0.2, 0.25) is 0 Å². The molecule has 48 valence electrons. The lowest BCUT2D eigenvalue weighted by Crippen LogP contribution is -2.13. The van der Waals surface area contributed by atoms with Gasteiger partial charge in [0.25, 0.3) is 0 Å². The number of carbonyl (C=O) groups is 1. The molecule has 4 heteroatoms. The van der Waals surface area contributed by atoms with Crippen molar-refractivity contribution in [1.82, 2.24) is 5.32 Å². The van der Waals surface area contributed by atoms with E-state index in [0.717, 1.165) is 11.8 Å². The van der Waals surface area contributed by atoms with Crippen molar-refractivity contribution in [3.05, 3.63) is 11.5 Å². The average molecular weight is 142 g/mol. The maximum absolute atomic E-state index is 10.4. The van der Waals surface area contributed by atoms with Crippen molar-refractivity contribution in [3.63, 3.8) is 0 Å². The summed E-state index contributed by atoms with van der Waals surface area (Å²) in [5.41, 5.74) is 0. The Balaban J connectivity index is 3.47. The molecular weight excluding hydrogens is 136 g/mol. The maximum atomic E-state index is 10.4. The zero-order valence-corrected chi connectivity index (χ0v) is 5.73. The van der Waals surface area contributed by atoms with E-state index in [1.54, 1.807) is 5.40 Å². The molecular formula is C5H6N2OS. The molecule has 0 fully saturated rings. The topological polar surface area (TPSA) is 52.9 Å². The van der Waals surface area contributed by atoms with Crippen LogP contribution in [0, 0.1) is 10.7 Å². The number of rotatable bonds is 2. The van der Waals surface area contributed by atoms with Crippen LogP contribution in [0.25, 0.3) is 0 Å². The van der Waals surface area contributed by atoms with Crippen molar-refractivity contribution in [1.29, 1.82) is 5.26 Å². The van der Waals surface area contributed by atoms with Gasteiger partial charge in [-0.15, -0.1) is 0 Å². The number of hydrogen-bond acceptors (Lipinski definition) is 3. The van der Waals surface area contributed by atoms with E-state index in [4.69, 9.17) is 5.26 Å². The zero-order valence-electron chi connectivity index (χ0n) is 4.92. The predicted molar refractivity (Wildman–Crippen MR) is 36.4 cm³/mol. The number of carbonyl (C=O) groups excluding carboxylic acids is 1. The molecule has 0 heterocycles. The van der Waals surface area contributed by atoms with E-state index in [0.29, 0.717) is 0 Å². The Labute approximate surface area is 57.7 Å². The Hall–Kier alpha value is -0.950. The van der Waals surface area contributed by atoms with Crippen LogP contribution in [0.4, 0.5) is 0 Å². The maximum Gasteiger partial charge on any atom is 0.244 e. The summed E-state index contributed by atoms with van der Waals surface area (Å²) in [5, 5.41) is 13.6. The molecule has 0 radical (unpaired) electrons. The van der Waals surface area contributed by atoms with E-state index in [9.17, 15) is 4.79 Å². The van der Waals surface area contributed by atoms with Crippen molar-refractivity contribution >= 4 is 17.7 Å². The van der Waals surface area contributed by atoms with Gasteiger partial charge < -0.3 is 5.32 Å². The van der Waals surface area contributed by atoms with Crippen LogP contribution in [0.3, 0.4) is 0 Å². The standard InChI is InChI=1S/C5H6N2OS/c1-7-5(8)2-3-9-4-6/h2-3H,1H3,(H,7,8)/b3-2-. The summed E-state index contributed by atoms with van der Waals surface area (Å²) in [7, 11) is 1.53. The summed E-state index contributed by atoms with van der Waals surface area (Å²) in [4.78, 5) is 10.4. The third kappa shape index (κ3) is 4.91. The molecule has 3 nitrogen and oxygen atoms in total. The molecule has 0 atom stereocenters. The third-order valence-corrected chi connectivity index (χ3v) is 0.964. The van der Waals surface area contributed by atoms with Gasteiger partial charge in [-0.1, -0.05) is 0 Å². The second kappa shape index (κ2) is 5.19. The number of nitrogens with zero attached hydrogens (tertiary/aromatic N) is 1. The predicted octanol–water partition coefficient (Wildman–Crippen LogP) is 0.460. The fraction of sp³-hybridized carbons (Fsp3) is 0.200. The lowest BCUT2D eigenvalue weighted by Gasteiger charge is -1.85. The van der Waals surface area contributed by atoms with Gasteiger partial charge in [-0.05, 0) is 17.2 Å². The molecule has 0 unspecified atom stereocenters. The first kappa shape index (κ1) is 8.05. The molecule has 9 heavy (non-hydrogen) atoms. The molecule has 0 aliphatic heterocycles. The minimum atomic E-state index is -0.197. The molecule has 0 spiro atoms. The van der Waals surface area contributed by atoms with Gasteiger partial charge in [-0.2, -0.15) is 5.26 Å². The van der Waals surface area contributed by atoms with E-state index in [1.165, 1.54) is 18.5 Å². The quantitative estimate of drug-likeness (QED) is 0.450. The first-order valence-electron chi connectivity index (χ1n) is 2.24. The van der Waals surface area contributed by atoms with Crippen LogP contribution in [-0.2, 0) is 4.79 Å². The van der Waals surface area contributed by atoms with Crippen molar-refractivity contribution in [2.24, 2.45) is 0 Å². The zero-order chi connectivity index (χ0) is 7.11. The third-order valence-electron chi connectivity index (χ3n) is 0.587. The lowest BCUT2D eigenvalue weighted by molar-refractivity contribution is -0.116. The van der Waals surface area contributed by atoms with Gasteiger partial charge in [0.15, 0.2) is 0 Å². The highest BCUT2D eigenvalue weighted by Gasteiger charge is 1.84. The van der Waals surface area contributed by atoms with Crippen molar-refractivity contribution < 1.29 is 4.79 Å². The monoisotopic (exact) mass is 142 g/mol. The van der Waals surface area contributed by atoms with Crippen LogP contribution < -0.4 is 5.32 Å². The van der Waals surface area contributed by atoms with Gasteiger partial charge >= 0.3 is 0 Å². The van der Waals surface area contributed by atoms with Gasteiger partial charge in [0, 0.05) is 13.1 Å². The summed E-state index contributed by atoms with van der Waals surface area (Å²) in [5.74, 6) is -0.197. The SMILES string of the molecule is CNC(=O)/C=C\SC#N. The van der Waals surface area contributed by atoms with E-state index in [1.807, 2.05) is 0 Å². The van der Waals surface area contributed by atoms with Gasteiger partial charge in [-0.25, -0.2) is 0 Å². The Kier molecular flexibility index (Phi) is 4.64. The second-order valence-electron chi connectivity index (χ2n) is 1.13. The molecule has 1 amide bonds. The summed E-state index contributed by atoms with van der Waals surface area (Å²) in [6, 6.07) is 0. The summed E-state index contributed by atoms with van der Waals surface area (Å²) < 4.78 is 0. The van der Waals surface area contributed by atoms with Crippen molar-refractivity contribution in [2.45, 2.75) is 0 Å². The van der Waals surface area contributed by atoms with Crippen LogP contribution in [0.15, 0.2) is 11.5 Å². The van der Waals surface area contributed by atoms with Gasteiger partial charge in [0.05, 0.1) is 0 Å². The summed E-state index contributed by atoms with van der Waals surface area (Å²) in [6.07, 6.45) is 1.30. The molecule has 0 bridgehead atoms. The van der Waals surface area contributed by atoms with E-state index in [2.05, 4.69) is 5.32 Å². The number of nitriles is 1. The second-order valence-corrected chi connectivity index (χ2v) is 1.82. The Bertz CT molecular complexity index is 159. The largest absolute Gasteiger partial charge is 0.356 e. The van der Waals surface area contributed by atoms with Crippen molar-refractivity contribution in [2.75, 3.05) is 7.05 Å². The fourth-order valence-electron chi connectivity index (χ4n) is 0.210. The molecule has 0 aromatic rings. The first-order chi connectivity index (χ1) is 4.31. The highest BCUT2D eigenvalue weighted by Crippen LogP contribution is 1.95. The molecule has 0 saturated carbocycles. The number of hydrogen-bond donors (Lipinski definition) is 1. The Morgan fingerprint density at radius 2 is 2.56 bits per heavy atom. The first-order valence-corrected chi connectivity index (χ1v) is 3.12. The van der Waals surface area contributed by atoms with Crippen LogP contribution in [0.5, 0.6) is 0 Å². The molecule has 1 N–H and O–H groups in total. The minimum absolute atomic E-state index is 0.197. The van der Waals surface area contributed by atoms with Gasteiger partial charge in [0.2, 0.25) is 5.91 Å². The highest BCUT2D eigenvalue weighted by molar-refractivity contribution is 8.06. The normalized spacial score (nSPS) is 8.89. The van der Waals surface area contributed by atoms with Crippen molar-refractivity contribution in [3.8, 4) is 5.40 Å². The number of amides is 1. The Morgan fingerprint density at radius 1 is 1.89 bits per heavy atom. The van der Waals surface area contributed by atoms with Crippen LogP contribution in [-0.4, -0.2) is 13.0 Å². The highest BCUT2D eigenvalue weighted by atomic mass is 32.2.